The van der Waals surface area contributed by atoms with Crippen molar-refractivity contribution >= 4 is 27.9 Å². The molecule has 9 heteroatoms. The van der Waals surface area contributed by atoms with Crippen LogP contribution in [0.4, 0.5) is 5.82 Å². The molecule has 168 valence electrons. The molecule has 0 spiro atoms. The van der Waals surface area contributed by atoms with Crippen LogP contribution in [0.3, 0.4) is 0 Å². The smallest absolute Gasteiger partial charge is 0.299 e. The second-order valence-electron chi connectivity index (χ2n) is 9.01. The predicted octanol–water partition coefficient (Wildman–Crippen LogP) is 4.02. The highest BCUT2D eigenvalue weighted by Gasteiger charge is 2.36. The quantitative estimate of drug-likeness (QED) is 0.415. The second-order valence-corrected chi connectivity index (χ2v) is 9.01. The van der Waals surface area contributed by atoms with Crippen LogP contribution in [0, 0.1) is 11.3 Å². The van der Waals surface area contributed by atoms with Crippen molar-refractivity contribution in [1.82, 2.24) is 29.5 Å². The Bertz CT molecular complexity index is 1590. The van der Waals surface area contributed by atoms with Gasteiger partial charge in [0.1, 0.15) is 12.7 Å². The summed E-state index contributed by atoms with van der Waals surface area (Å²) in [7, 11) is 0. The molecule has 34 heavy (non-hydrogen) atoms. The number of fused-ring (bicyclic) bond motifs is 4. The fraction of sp³-hybridized carbons (Fsp3) is 0.240. The summed E-state index contributed by atoms with van der Waals surface area (Å²) in [6, 6.07) is 12.7. The highest BCUT2D eigenvalue weighted by atomic mass is 16.5. The Hall–Kier alpha value is -4.45. The summed E-state index contributed by atoms with van der Waals surface area (Å²) in [5.74, 6) is 1.11. The zero-order valence-corrected chi connectivity index (χ0v) is 18.8. The number of aromatic nitrogens is 6. The van der Waals surface area contributed by atoms with Crippen LogP contribution in [0.1, 0.15) is 25.0 Å². The van der Waals surface area contributed by atoms with Crippen molar-refractivity contribution in [1.29, 1.82) is 5.26 Å². The van der Waals surface area contributed by atoms with Gasteiger partial charge in [0, 0.05) is 41.6 Å². The third-order valence-corrected chi connectivity index (χ3v) is 6.12. The van der Waals surface area contributed by atoms with Crippen molar-refractivity contribution in [3.63, 3.8) is 0 Å². The van der Waals surface area contributed by atoms with E-state index in [0.717, 1.165) is 11.9 Å². The SMILES string of the molecule is CC1(C)COc2nc3c(NCCc4c[nH]c5ccccc45)nc(-c4cncc(C#N)c4)nc3n21. The maximum Gasteiger partial charge on any atom is 0.299 e. The van der Waals surface area contributed by atoms with Crippen LogP contribution < -0.4 is 10.1 Å². The topological polar surface area (TPSA) is 117 Å². The van der Waals surface area contributed by atoms with Crippen molar-refractivity contribution in [2.75, 3.05) is 18.5 Å². The van der Waals surface area contributed by atoms with Gasteiger partial charge in [0.2, 0.25) is 0 Å². The monoisotopic (exact) mass is 450 g/mol. The normalized spacial score (nSPS) is 14.1. The van der Waals surface area contributed by atoms with E-state index in [0.29, 0.717) is 53.1 Å². The Morgan fingerprint density at radius 2 is 2.09 bits per heavy atom. The number of nitrogens with zero attached hydrogens (tertiary/aromatic N) is 6. The van der Waals surface area contributed by atoms with Crippen molar-refractivity contribution in [2.24, 2.45) is 0 Å². The van der Waals surface area contributed by atoms with E-state index in [1.54, 1.807) is 12.3 Å². The lowest BCUT2D eigenvalue weighted by molar-refractivity contribution is 0.268. The number of imidazole rings is 1. The molecule has 9 nitrogen and oxygen atoms in total. The molecule has 0 atom stereocenters. The molecule has 1 aliphatic heterocycles. The van der Waals surface area contributed by atoms with Gasteiger partial charge < -0.3 is 15.0 Å². The van der Waals surface area contributed by atoms with Crippen LogP contribution in [-0.4, -0.2) is 42.6 Å². The van der Waals surface area contributed by atoms with Crippen molar-refractivity contribution in [2.45, 2.75) is 25.8 Å². The van der Waals surface area contributed by atoms with Gasteiger partial charge in [0.25, 0.3) is 6.01 Å². The van der Waals surface area contributed by atoms with Gasteiger partial charge in [-0.15, -0.1) is 0 Å². The maximum atomic E-state index is 9.30. The molecule has 0 saturated carbocycles. The van der Waals surface area contributed by atoms with E-state index in [2.05, 4.69) is 47.3 Å². The highest BCUT2D eigenvalue weighted by molar-refractivity contribution is 5.87. The maximum absolute atomic E-state index is 9.30. The third-order valence-electron chi connectivity index (χ3n) is 6.12. The molecule has 0 unspecified atom stereocenters. The molecular weight excluding hydrogens is 428 g/mol. The van der Waals surface area contributed by atoms with Crippen molar-refractivity contribution in [3.05, 3.63) is 60.0 Å². The van der Waals surface area contributed by atoms with Gasteiger partial charge in [0.05, 0.1) is 11.1 Å². The number of rotatable bonds is 5. The predicted molar refractivity (Wildman–Crippen MR) is 129 cm³/mol. The standard InChI is InChI=1S/C25H22N8O/c1-25(2)14-34-24-30-20-22(28-8-7-16-13-29-19-6-4-3-5-18(16)19)31-21(32-23(20)33(24)25)17-9-15(10-26)11-27-12-17/h3-6,9,11-13,29H,7-8,14H2,1-2H3,(H,28,31,32). The highest BCUT2D eigenvalue weighted by Crippen LogP contribution is 2.37. The number of para-hydroxylation sites is 1. The Kier molecular flexibility index (Phi) is 4.48. The summed E-state index contributed by atoms with van der Waals surface area (Å²) in [5.41, 5.74) is 4.55. The summed E-state index contributed by atoms with van der Waals surface area (Å²) in [6.07, 6.45) is 6.05. The summed E-state index contributed by atoms with van der Waals surface area (Å²) < 4.78 is 7.86. The van der Waals surface area contributed by atoms with Crippen LogP contribution >= 0.6 is 0 Å². The van der Waals surface area contributed by atoms with Gasteiger partial charge in [-0.2, -0.15) is 10.2 Å². The molecule has 4 aromatic heterocycles. The number of ether oxygens (including phenoxy) is 1. The number of pyridine rings is 1. The summed E-state index contributed by atoms with van der Waals surface area (Å²) in [6.45, 7) is 5.37. The zero-order chi connectivity index (χ0) is 23.3. The fourth-order valence-electron chi connectivity index (χ4n) is 4.42. The van der Waals surface area contributed by atoms with Crippen LogP contribution in [0.2, 0.25) is 0 Å². The van der Waals surface area contributed by atoms with E-state index in [9.17, 15) is 5.26 Å². The van der Waals surface area contributed by atoms with Crippen LogP contribution in [-0.2, 0) is 12.0 Å². The number of anilines is 1. The summed E-state index contributed by atoms with van der Waals surface area (Å²) in [5, 5.41) is 14.0. The molecule has 2 N–H and O–H groups in total. The molecule has 1 aliphatic rings. The van der Waals surface area contributed by atoms with E-state index in [1.165, 1.54) is 17.1 Å². The zero-order valence-electron chi connectivity index (χ0n) is 18.8. The molecule has 5 heterocycles. The summed E-state index contributed by atoms with van der Waals surface area (Å²) in [4.78, 5) is 21.8. The van der Waals surface area contributed by atoms with Crippen LogP contribution in [0.5, 0.6) is 6.01 Å². The minimum atomic E-state index is -0.288. The number of hydrogen-bond acceptors (Lipinski definition) is 7. The van der Waals surface area contributed by atoms with E-state index in [4.69, 9.17) is 19.7 Å². The van der Waals surface area contributed by atoms with Gasteiger partial charge >= 0.3 is 0 Å². The third kappa shape index (κ3) is 3.23. The first-order valence-corrected chi connectivity index (χ1v) is 11.1. The molecule has 6 rings (SSSR count). The van der Waals surface area contributed by atoms with E-state index in [1.807, 2.05) is 22.9 Å². The van der Waals surface area contributed by atoms with Gasteiger partial charge in [-0.3, -0.25) is 9.55 Å². The molecule has 0 bridgehead atoms. The number of hydrogen-bond donors (Lipinski definition) is 2. The van der Waals surface area contributed by atoms with E-state index in [-0.39, 0.29) is 5.54 Å². The lowest BCUT2D eigenvalue weighted by Gasteiger charge is -2.18. The lowest BCUT2D eigenvalue weighted by atomic mass is 10.1. The first-order valence-electron chi connectivity index (χ1n) is 11.1. The summed E-state index contributed by atoms with van der Waals surface area (Å²) >= 11 is 0. The van der Waals surface area contributed by atoms with Gasteiger partial charge in [0.15, 0.2) is 22.8 Å². The van der Waals surface area contributed by atoms with Crippen LogP contribution in [0.25, 0.3) is 33.5 Å². The molecule has 0 radical (unpaired) electrons. The average Bonchev–Trinajstić information content (AvgIpc) is 3.52. The number of nitrogens with one attached hydrogen (secondary N) is 2. The molecular formula is C25H22N8O. The Balaban J connectivity index is 1.40. The molecule has 0 aliphatic carbocycles. The molecule has 1 aromatic carbocycles. The van der Waals surface area contributed by atoms with Gasteiger partial charge in [-0.05, 0) is 38.0 Å². The lowest BCUT2D eigenvalue weighted by Crippen LogP contribution is -2.25. The van der Waals surface area contributed by atoms with Gasteiger partial charge in [-0.25, -0.2) is 9.97 Å². The molecule has 0 fully saturated rings. The Labute approximate surface area is 195 Å². The van der Waals surface area contributed by atoms with Gasteiger partial charge in [-0.1, -0.05) is 18.2 Å². The average molecular weight is 451 g/mol. The molecule has 0 saturated heterocycles. The fourth-order valence-corrected chi connectivity index (χ4v) is 4.42. The number of benzene rings is 1. The molecule has 5 aromatic rings. The minimum Gasteiger partial charge on any atom is -0.462 e. The van der Waals surface area contributed by atoms with Crippen LogP contribution in [0.15, 0.2) is 48.9 Å². The first-order chi connectivity index (χ1) is 16.5. The second kappa shape index (κ2) is 7.56. The Morgan fingerprint density at radius 3 is 2.97 bits per heavy atom. The Morgan fingerprint density at radius 1 is 1.21 bits per heavy atom. The number of H-pyrrole nitrogens is 1. The number of aromatic amines is 1. The van der Waals surface area contributed by atoms with Crippen molar-refractivity contribution in [3.8, 4) is 23.5 Å². The number of nitriles is 1. The first kappa shape index (κ1) is 20.2. The molecule has 0 amide bonds. The van der Waals surface area contributed by atoms with E-state index >= 15 is 0 Å². The largest absolute Gasteiger partial charge is 0.462 e. The minimum absolute atomic E-state index is 0.288. The van der Waals surface area contributed by atoms with E-state index < -0.39 is 0 Å². The van der Waals surface area contributed by atoms with Crippen molar-refractivity contribution < 1.29 is 4.74 Å².